The fourth-order valence-electron chi connectivity index (χ4n) is 1.41. The molecule has 1 aromatic rings. The highest BCUT2D eigenvalue weighted by Gasteiger charge is 2.12. The maximum atomic E-state index is 11.7. The van der Waals surface area contributed by atoms with E-state index in [0.717, 1.165) is 6.42 Å². The molecule has 0 aliphatic carbocycles. The Hall–Kier alpha value is -1.11. The second-order valence-corrected chi connectivity index (χ2v) is 6.64. The maximum Gasteiger partial charge on any atom is 0.238 e. The molecule has 0 spiro atoms. The van der Waals surface area contributed by atoms with E-state index in [4.69, 9.17) is 16.7 Å². The molecule has 0 fully saturated rings. The van der Waals surface area contributed by atoms with E-state index >= 15 is 0 Å². The van der Waals surface area contributed by atoms with Crippen LogP contribution < -0.4 is 10.5 Å². The third kappa shape index (κ3) is 5.18. The number of halogens is 1. The summed E-state index contributed by atoms with van der Waals surface area (Å²) in [6, 6.07) is 3.94. The van der Waals surface area contributed by atoms with Crippen molar-refractivity contribution in [3.63, 3.8) is 0 Å². The van der Waals surface area contributed by atoms with Crippen LogP contribution in [0.25, 0.3) is 0 Å². The lowest BCUT2D eigenvalue weighted by Crippen LogP contribution is -2.15. The minimum atomic E-state index is -3.81. The summed E-state index contributed by atoms with van der Waals surface area (Å²) in [6.45, 7) is 4.03. The fraction of sp³-hybridized carbons (Fsp3) is 0.417. The minimum Gasteiger partial charge on any atom is -0.325 e. The number of carbonyl (C=O) groups is 1. The third-order valence-corrected chi connectivity index (χ3v) is 3.73. The summed E-state index contributed by atoms with van der Waals surface area (Å²) in [5, 5.41) is 7.88. The first-order valence-corrected chi connectivity index (χ1v) is 7.75. The zero-order chi connectivity index (χ0) is 14.6. The molecule has 1 rings (SSSR count). The monoisotopic (exact) mass is 304 g/mol. The molecule has 0 saturated heterocycles. The summed E-state index contributed by atoms with van der Waals surface area (Å²) < 4.78 is 22.4. The molecule has 0 radical (unpaired) electrons. The smallest absolute Gasteiger partial charge is 0.238 e. The van der Waals surface area contributed by atoms with Crippen LogP contribution in [0.1, 0.15) is 26.7 Å². The van der Waals surface area contributed by atoms with E-state index in [1.165, 1.54) is 18.2 Å². The topological polar surface area (TPSA) is 89.3 Å². The van der Waals surface area contributed by atoms with E-state index in [-0.39, 0.29) is 21.5 Å². The van der Waals surface area contributed by atoms with Crippen LogP contribution >= 0.6 is 11.6 Å². The van der Waals surface area contributed by atoms with Gasteiger partial charge in [0, 0.05) is 6.42 Å². The molecule has 7 heteroatoms. The molecule has 0 atom stereocenters. The van der Waals surface area contributed by atoms with Gasteiger partial charge in [0.05, 0.1) is 15.6 Å². The average molecular weight is 305 g/mol. The van der Waals surface area contributed by atoms with Crippen LogP contribution in [0.15, 0.2) is 23.1 Å². The molecule has 0 saturated carbocycles. The van der Waals surface area contributed by atoms with Gasteiger partial charge in [-0.3, -0.25) is 4.79 Å². The van der Waals surface area contributed by atoms with Gasteiger partial charge in [-0.2, -0.15) is 0 Å². The van der Waals surface area contributed by atoms with Crippen molar-refractivity contribution in [3.05, 3.63) is 23.2 Å². The number of carbonyl (C=O) groups excluding carboxylic acids is 1. The SMILES string of the molecule is CC(C)CCC(=O)Nc1cc(S(N)(=O)=O)ccc1Cl. The van der Waals surface area contributed by atoms with E-state index in [0.29, 0.717) is 12.3 Å². The number of hydrogen-bond acceptors (Lipinski definition) is 3. The predicted octanol–water partition coefficient (Wildman–Crippen LogP) is 2.36. The Kier molecular flexibility index (Phi) is 5.34. The van der Waals surface area contributed by atoms with Gasteiger partial charge in [-0.1, -0.05) is 25.4 Å². The van der Waals surface area contributed by atoms with Crippen molar-refractivity contribution < 1.29 is 13.2 Å². The van der Waals surface area contributed by atoms with Gasteiger partial charge in [-0.25, -0.2) is 13.6 Å². The Bertz CT molecular complexity index is 570. The Balaban J connectivity index is 2.86. The van der Waals surface area contributed by atoms with Crippen molar-refractivity contribution in [1.29, 1.82) is 0 Å². The van der Waals surface area contributed by atoms with Gasteiger partial charge in [0.2, 0.25) is 15.9 Å². The molecule has 1 aromatic carbocycles. The second kappa shape index (κ2) is 6.36. The standard InChI is InChI=1S/C12H17ClN2O3S/c1-8(2)3-6-12(16)15-11-7-9(19(14,17)18)4-5-10(11)13/h4-5,7-8H,3,6H2,1-2H3,(H,15,16)(H2,14,17,18). The summed E-state index contributed by atoms with van der Waals surface area (Å²) in [7, 11) is -3.81. The number of benzene rings is 1. The van der Waals surface area contributed by atoms with Crippen molar-refractivity contribution in [3.8, 4) is 0 Å². The lowest BCUT2D eigenvalue weighted by molar-refractivity contribution is -0.116. The van der Waals surface area contributed by atoms with Crippen molar-refractivity contribution in [2.45, 2.75) is 31.6 Å². The van der Waals surface area contributed by atoms with Crippen molar-refractivity contribution >= 4 is 33.2 Å². The molecule has 1 amide bonds. The highest BCUT2D eigenvalue weighted by atomic mass is 35.5. The first kappa shape index (κ1) is 15.9. The normalized spacial score (nSPS) is 11.6. The number of hydrogen-bond donors (Lipinski definition) is 2. The van der Waals surface area contributed by atoms with Gasteiger partial charge < -0.3 is 5.32 Å². The van der Waals surface area contributed by atoms with Gasteiger partial charge in [-0.15, -0.1) is 0 Å². The van der Waals surface area contributed by atoms with E-state index in [9.17, 15) is 13.2 Å². The Labute approximate surface area is 118 Å². The van der Waals surface area contributed by atoms with Crippen LogP contribution in [-0.4, -0.2) is 14.3 Å². The molecule has 19 heavy (non-hydrogen) atoms. The predicted molar refractivity (Wildman–Crippen MR) is 75.5 cm³/mol. The molecule has 3 N–H and O–H groups in total. The van der Waals surface area contributed by atoms with E-state index in [1.807, 2.05) is 13.8 Å². The Morgan fingerprint density at radius 2 is 2.05 bits per heavy atom. The molecule has 5 nitrogen and oxygen atoms in total. The van der Waals surface area contributed by atoms with Gasteiger partial charge in [0.1, 0.15) is 0 Å². The molecule has 0 heterocycles. The van der Waals surface area contributed by atoms with Crippen molar-refractivity contribution in [2.24, 2.45) is 11.1 Å². The summed E-state index contributed by atoms with van der Waals surface area (Å²) in [5.41, 5.74) is 0.252. The van der Waals surface area contributed by atoms with Gasteiger partial charge in [-0.05, 0) is 30.5 Å². The van der Waals surface area contributed by atoms with E-state index in [2.05, 4.69) is 5.32 Å². The highest BCUT2D eigenvalue weighted by Crippen LogP contribution is 2.25. The molecule has 0 aliphatic rings. The van der Waals surface area contributed by atoms with Crippen LogP contribution in [0.3, 0.4) is 0 Å². The van der Waals surface area contributed by atoms with E-state index in [1.54, 1.807) is 0 Å². The number of rotatable bonds is 5. The molecule has 0 bridgehead atoms. The summed E-state index contributed by atoms with van der Waals surface area (Å²) in [5.74, 6) is 0.208. The number of anilines is 1. The van der Waals surface area contributed by atoms with Crippen LogP contribution in [0, 0.1) is 5.92 Å². The lowest BCUT2D eigenvalue weighted by Gasteiger charge is -2.09. The highest BCUT2D eigenvalue weighted by molar-refractivity contribution is 7.89. The lowest BCUT2D eigenvalue weighted by atomic mass is 10.1. The first-order valence-electron chi connectivity index (χ1n) is 5.82. The van der Waals surface area contributed by atoms with Crippen molar-refractivity contribution in [1.82, 2.24) is 0 Å². The number of primary sulfonamides is 1. The van der Waals surface area contributed by atoms with Crippen LogP contribution in [-0.2, 0) is 14.8 Å². The molecular formula is C12H17ClN2O3S. The number of nitrogens with one attached hydrogen (secondary N) is 1. The number of nitrogens with two attached hydrogens (primary N) is 1. The fourth-order valence-corrected chi connectivity index (χ4v) is 2.11. The van der Waals surface area contributed by atoms with Crippen LogP contribution in [0.5, 0.6) is 0 Å². The summed E-state index contributed by atoms with van der Waals surface area (Å²) in [6.07, 6.45) is 1.10. The van der Waals surface area contributed by atoms with E-state index < -0.39 is 10.0 Å². The zero-order valence-electron chi connectivity index (χ0n) is 10.8. The summed E-state index contributed by atoms with van der Waals surface area (Å²) >= 11 is 5.90. The second-order valence-electron chi connectivity index (χ2n) is 4.67. The molecule has 0 aliphatic heterocycles. The van der Waals surface area contributed by atoms with Gasteiger partial charge in [0.15, 0.2) is 0 Å². The Morgan fingerprint density at radius 3 is 2.58 bits per heavy atom. The largest absolute Gasteiger partial charge is 0.325 e. The maximum absolute atomic E-state index is 11.7. The van der Waals surface area contributed by atoms with Gasteiger partial charge >= 0.3 is 0 Å². The quantitative estimate of drug-likeness (QED) is 0.875. The molecular weight excluding hydrogens is 288 g/mol. The Morgan fingerprint density at radius 1 is 1.42 bits per heavy atom. The van der Waals surface area contributed by atoms with Crippen molar-refractivity contribution in [2.75, 3.05) is 5.32 Å². The zero-order valence-corrected chi connectivity index (χ0v) is 12.4. The van der Waals surface area contributed by atoms with Crippen LogP contribution in [0.2, 0.25) is 5.02 Å². The van der Waals surface area contributed by atoms with Gasteiger partial charge in [0.25, 0.3) is 0 Å². The molecule has 0 unspecified atom stereocenters. The summed E-state index contributed by atoms with van der Waals surface area (Å²) in [4.78, 5) is 11.6. The minimum absolute atomic E-state index is 0.0870. The first-order chi connectivity index (χ1) is 8.70. The average Bonchev–Trinajstić information content (AvgIpc) is 2.28. The molecule has 0 aromatic heterocycles. The van der Waals surface area contributed by atoms with Crippen LogP contribution in [0.4, 0.5) is 5.69 Å². The molecule has 106 valence electrons. The number of amides is 1. The number of sulfonamides is 1. The third-order valence-electron chi connectivity index (χ3n) is 2.49.